The predicted molar refractivity (Wildman–Crippen MR) is 91.9 cm³/mol. The number of carbonyl (C=O) groups excluding carboxylic acids is 2. The van der Waals surface area contributed by atoms with Crippen LogP contribution in [0.25, 0.3) is 0 Å². The van der Waals surface area contributed by atoms with Crippen LogP contribution in [0.1, 0.15) is 20.3 Å². The van der Waals surface area contributed by atoms with Crippen molar-refractivity contribution >= 4 is 27.6 Å². The lowest BCUT2D eigenvalue weighted by Crippen LogP contribution is -2.48. The van der Waals surface area contributed by atoms with Crippen molar-refractivity contribution in [3.05, 3.63) is 24.3 Å². The van der Waals surface area contributed by atoms with Crippen LogP contribution in [0.5, 0.6) is 0 Å². The maximum atomic E-state index is 12.1. The van der Waals surface area contributed by atoms with E-state index in [0.29, 0.717) is 12.1 Å². The number of nitrogens with one attached hydrogen (secondary N) is 2. The summed E-state index contributed by atoms with van der Waals surface area (Å²) in [6.07, 6.45) is 0.509. The highest BCUT2D eigenvalue weighted by Gasteiger charge is 2.23. The van der Waals surface area contributed by atoms with Crippen LogP contribution in [0, 0.1) is 5.92 Å². The fourth-order valence-electron chi connectivity index (χ4n) is 2.06. The van der Waals surface area contributed by atoms with Gasteiger partial charge in [0, 0.05) is 19.8 Å². The minimum absolute atomic E-state index is 0.0473. The van der Waals surface area contributed by atoms with Gasteiger partial charge in [0.1, 0.15) is 6.04 Å². The van der Waals surface area contributed by atoms with Crippen LogP contribution < -0.4 is 15.8 Å². The van der Waals surface area contributed by atoms with E-state index in [4.69, 9.17) is 5.14 Å². The maximum absolute atomic E-state index is 12.1. The summed E-state index contributed by atoms with van der Waals surface area (Å²) in [6.45, 7) is 3.92. The summed E-state index contributed by atoms with van der Waals surface area (Å²) in [7, 11) is -0.527. The summed E-state index contributed by atoms with van der Waals surface area (Å²) in [6, 6.07) is 4.25. The molecule has 0 saturated heterocycles. The molecule has 9 heteroatoms. The molecule has 1 rings (SSSR count). The highest BCUT2D eigenvalue weighted by Crippen LogP contribution is 2.13. The summed E-state index contributed by atoms with van der Waals surface area (Å²) in [4.78, 5) is 25.6. The summed E-state index contributed by atoms with van der Waals surface area (Å²) in [5.41, 5.74) is 0.389. The van der Waals surface area contributed by atoms with Gasteiger partial charge in [0.05, 0.1) is 4.90 Å². The quantitative estimate of drug-likeness (QED) is 0.702. The Balaban J connectivity index is 2.77. The minimum atomic E-state index is -3.78. The zero-order valence-electron chi connectivity index (χ0n) is 14.2. The fourth-order valence-corrected chi connectivity index (χ4v) is 2.57. The molecule has 24 heavy (non-hydrogen) atoms. The lowest BCUT2D eigenvalue weighted by Gasteiger charge is -2.23. The van der Waals surface area contributed by atoms with Crippen LogP contribution in [-0.2, 0) is 14.8 Å². The number of hydrogen-bond donors (Lipinski definition) is 3. The summed E-state index contributed by atoms with van der Waals surface area (Å²) < 4.78 is 22.4. The number of anilines is 1. The molecule has 0 fully saturated rings. The van der Waals surface area contributed by atoms with E-state index in [1.54, 1.807) is 14.1 Å². The van der Waals surface area contributed by atoms with Crippen LogP contribution in [0.15, 0.2) is 29.2 Å². The first kappa shape index (κ1) is 19.9. The fraction of sp³-hybridized carbons (Fsp3) is 0.467. The molecule has 0 aliphatic heterocycles. The van der Waals surface area contributed by atoms with Crippen molar-refractivity contribution in [2.45, 2.75) is 31.2 Å². The first-order valence-corrected chi connectivity index (χ1v) is 8.97. The van der Waals surface area contributed by atoms with E-state index >= 15 is 0 Å². The van der Waals surface area contributed by atoms with Gasteiger partial charge in [-0.05, 0) is 36.6 Å². The first-order valence-electron chi connectivity index (χ1n) is 7.42. The number of primary sulfonamides is 1. The molecular weight excluding hydrogens is 332 g/mol. The van der Waals surface area contributed by atoms with E-state index in [-0.39, 0.29) is 16.7 Å². The van der Waals surface area contributed by atoms with E-state index in [9.17, 15) is 18.0 Å². The normalized spacial score (nSPS) is 12.6. The van der Waals surface area contributed by atoms with E-state index in [1.165, 1.54) is 29.2 Å². The van der Waals surface area contributed by atoms with Crippen LogP contribution in [0.4, 0.5) is 10.5 Å². The Morgan fingerprint density at radius 3 is 2.12 bits per heavy atom. The number of rotatable bonds is 6. The second kappa shape index (κ2) is 8.11. The van der Waals surface area contributed by atoms with E-state index in [2.05, 4.69) is 10.6 Å². The molecule has 0 radical (unpaired) electrons. The SMILES string of the molecule is CC(C)C[C@H](NC(=O)Nc1ccc(S(N)(=O)=O)cc1)C(=O)N(C)C. The van der Waals surface area contributed by atoms with Crippen molar-refractivity contribution in [2.24, 2.45) is 11.1 Å². The third kappa shape index (κ3) is 6.17. The van der Waals surface area contributed by atoms with Gasteiger partial charge in [0.25, 0.3) is 0 Å². The van der Waals surface area contributed by atoms with Gasteiger partial charge in [-0.2, -0.15) is 0 Å². The molecule has 1 atom stereocenters. The smallest absolute Gasteiger partial charge is 0.319 e. The molecule has 3 amide bonds. The molecule has 0 aromatic heterocycles. The topological polar surface area (TPSA) is 122 Å². The molecule has 0 bridgehead atoms. The number of urea groups is 1. The Morgan fingerprint density at radius 2 is 1.71 bits per heavy atom. The Labute approximate surface area is 142 Å². The zero-order chi connectivity index (χ0) is 18.5. The largest absolute Gasteiger partial charge is 0.347 e. The molecule has 134 valence electrons. The van der Waals surface area contributed by atoms with Crippen molar-refractivity contribution < 1.29 is 18.0 Å². The van der Waals surface area contributed by atoms with Crippen molar-refractivity contribution in [1.29, 1.82) is 0 Å². The van der Waals surface area contributed by atoms with Crippen LogP contribution >= 0.6 is 0 Å². The molecule has 0 unspecified atom stereocenters. The highest BCUT2D eigenvalue weighted by atomic mass is 32.2. The number of nitrogens with zero attached hydrogens (tertiary/aromatic N) is 1. The van der Waals surface area contributed by atoms with E-state index < -0.39 is 22.1 Å². The third-order valence-corrected chi connectivity index (χ3v) is 4.12. The number of nitrogens with two attached hydrogens (primary N) is 1. The van der Waals surface area contributed by atoms with Crippen molar-refractivity contribution in [3.8, 4) is 0 Å². The predicted octanol–water partition coefficient (Wildman–Crippen LogP) is 0.958. The highest BCUT2D eigenvalue weighted by molar-refractivity contribution is 7.89. The molecular formula is C15H24N4O4S. The first-order chi connectivity index (χ1) is 11.0. The molecule has 1 aromatic rings. The molecule has 0 aliphatic rings. The number of sulfonamides is 1. The van der Waals surface area contributed by atoms with Crippen LogP contribution in [0.3, 0.4) is 0 Å². The second-order valence-electron chi connectivity index (χ2n) is 6.08. The number of benzene rings is 1. The Bertz CT molecular complexity index is 684. The van der Waals surface area contributed by atoms with Gasteiger partial charge < -0.3 is 15.5 Å². The van der Waals surface area contributed by atoms with Crippen LogP contribution in [-0.4, -0.2) is 45.4 Å². The standard InChI is InChI=1S/C15H24N4O4S/c1-10(2)9-13(14(20)19(3)4)18-15(21)17-11-5-7-12(8-6-11)24(16,22)23/h5-8,10,13H,9H2,1-4H3,(H2,16,22,23)(H2,17,18,21)/t13-/m0/s1. The van der Waals surface area contributed by atoms with Crippen molar-refractivity contribution in [3.63, 3.8) is 0 Å². The van der Waals surface area contributed by atoms with E-state index in [0.717, 1.165) is 0 Å². The lowest BCUT2D eigenvalue weighted by atomic mass is 10.0. The second-order valence-corrected chi connectivity index (χ2v) is 7.64. The summed E-state index contributed by atoms with van der Waals surface area (Å²) >= 11 is 0. The Hall–Kier alpha value is -2.13. The Kier molecular flexibility index (Phi) is 6.73. The number of hydrogen-bond acceptors (Lipinski definition) is 4. The van der Waals surface area contributed by atoms with Crippen molar-refractivity contribution in [1.82, 2.24) is 10.2 Å². The Morgan fingerprint density at radius 1 is 1.17 bits per heavy atom. The van der Waals surface area contributed by atoms with Gasteiger partial charge >= 0.3 is 6.03 Å². The molecule has 0 heterocycles. The van der Waals surface area contributed by atoms with E-state index in [1.807, 2.05) is 13.8 Å². The molecule has 8 nitrogen and oxygen atoms in total. The van der Waals surface area contributed by atoms with Crippen LogP contribution in [0.2, 0.25) is 0 Å². The van der Waals surface area contributed by atoms with Gasteiger partial charge in [-0.1, -0.05) is 13.8 Å². The van der Waals surface area contributed by atoms with Gasteiger partial charge in [-0.15, -0.1) is 0 Å². The molecule has 0 aliphatic carbocycles. The zero-order valence-corrected chi connectivity index (χ0v) is 15.1. The number of likely N-dealkylation sites (N-methyl/N-ethyl adjacent to an activating group) is 1. The lowest BCUT2D eigenvalue weighted by molar-refractivity contribution is -0.131. The maximum Gasteiger partial charge on any atom is 0.319 e. The average molecular weight is 356 g/mol. The monoisotopic (exact) mass is 356 g/mol. The molecule has 0 saturated carbocycles. The van der Waals surface area contributed by atoms with Gasteiger partial charge in [-0.3, -0.25) is 4.79 Å². The molecule has 1 aromatic carbocycles. The van der Waals surface area contributed by atoms with Gasteiger partial charge in [-0.25, -0.2) is 18.4 Å². The minimum Gasteiger partial charge on any atom is -0.347 e. The summed E-state index contributed by atoms with van der Waals surface area (Å²) in [5, 5.41) is 10.2. The number of amides is 3. The summed E-state index contributed by atoms with van der Waals surface area (Å²) in [5.74, 6) is 0.0386. The third-order valence-electron chi connectivity index (χ3n) is 3.19. The molecule has 4 N–H and O–H groups in total. The number of carbonyl (C=O) groups is 2. The average Bonchev–Trinajstić information content (AvgIpc) is 2.44. The molecule has 0 spiro atoms. The van der Waals surface area contributed by atoms with Crippen molar-refractivity contribution in [2.75, 3.05) is 19.4 Å². The van der Waals surface area contributed by atoms with Gasteiger partial charge in [0.2, 0.25) is 15.9 Å². The van der Waals surface area contributed by atoms with Gasteiger partial charge in [0.15, 0.2) is 0 Å².